The van der Waals surface area contributed by atoms with Crippen LogP contribution in [0.15, 0.2) is 12.1 Å². The predicted octanol–water partition coefficient (Wildman–Crippen LogP) is 5.20. The first-order chi connectivity index (χ1) is 11.5. The van der Waals surface area contributed by atoms with E-state index in [-0.39, 0.29) is 21.9 Å². The van der Waals surface area contributed by atoms with Gasteiger partial charge >= 0.3 is 0 Å². The number of aromatic amines is 1. The molecule has 2 aromatic heterocycles. The van der Waals surface area contributed by atoms with Gasteiger partial charge in [0.15, 0.2) is 0 Å². The molecule has 5 nitrogen and oxygen atoms in total. The summed E-state index contributed by atoms with van der Waals surface area (Å²) < 4.78 is 2.14. The van der Waals surface area contributed by atoms with Gasteiger partial charge in [-0.3, -0.25) is 9.78 Å². The third-order valence-electron chi connectivity index (χ3n) is 4.52. The van der Waals surface area contributed by atoms with Crippen molar-refractivity contribution < 1.29 is 0 Å². The van der Waals surface area contributed by atoms with Gasteiger partial charge < -0.3 is 5.32 Å². The molecule has 0 fully saturated rings. The Morgan fingerprint density at radius 3 is 1.85 bits per heavy atom. The molecular formula is C21H37N5. The first-order valence-corrected chi connectivity index (χ1v) is 9.47. The zero-order valence-corrected chi connectivity index (χ0v) is 18.5. The van der Waals surface area contributed by atoms with Crippen LogP contribution < -0.4 is 5.32 Å². The molecule has 0 bridgehead atoms. The standard InChI is InChI=1S/C21H37N5/c1-18(2,3)14-12-15(24-23-14)21(10,11)26-16(19(4,5)6)13-17(25-26)22-20(7,8)9/h12-13H,1-11H3,(H,22,25)(H,23,24). The van der Waals surface area contributed by atoms with E-state index in [0.29, 0.717) is 0 Å². The number of nitrogens with zero attached hydrogens (tertiary/aromatic N) is 3. The SMILES string of the molecule is CC(C)(C)Nc1cc(C(C)(C)C)n(C(C)(C)c2cc(C(C)(C)C)n[nH]2)n1. The third kappa shape index (κ3) is 4.30. The van der Waals surface area contributed by atoms with Crippen molar-refractivity contribution in [3.05, 3.63) is 29.2 Å². The van der Waals surface area contributed by atoms with E-state index in [4.69, 9.17) is 5.10 Å². The molecule has 0 radical (unpaired) electrons. The Morgan fingerprint density at radius 1 is 0.846 bits per heavy atom. The zero-order chi connectivity index (χ0) is 20.1. The summed E-state index contributed by atoms with van der Waals surface area (Å²) in [6.07, 6.45) is 0. The van der Waals surface area contributed by atoms with Gasteiger partial charge in [-0.05, 0) is 40.7 Å². The number of nitrogens with one attached hydrogen (secondary N) is 2. The highest BCUT2D eigenvalue weighted by Crippen LogP contribution is 2.34. The highest BCUT2D eigenvalue weighted by Gasteiger charge is 2.34. The van der Waals surface area contributed by atoms with E-state index >= 15 is 0 Å². The molecule has 0 aromatic carbocycles. The lowest BCUT2D eigenvalue weighted by Gasteiger charge is -2.30. The molecule has 5 heteroatoms. The molecule has 0 aliphatic heterocycles. The van der Waals surface area contributed by atoms with Gasteiger partial charge in [0.1, 0.15) is 5.82 Å². The van der Waals surface area contributed by atoms with Crippen LogP contribution in [0.5, 0.6) is 0 Å². The monoisotopic (exact) mass is 359 g/mol. The summed E-state index contributed by atoms with van der Waals surface area (Å²) in [5.41, 5.74) is 2.95. The smallest absolute Gasteiger partial charge is 0.148 e. The van der Waals surface area contributed by atoms with Gasteiger partial charge in [-0.1, -0.05) is 41.5 Å². The minimum atomic E-state index is -0.336. The van der Waals surface area contributed by atoms with Gasteiger partial charge in [-0.25, -0.2) is 0 Å². The van der Waals surface area contributed by atoms with Crippen molar-refractivity contribution in [1.82, 2.24) is 20.0 Å². The molecule has 2 rings (SSSR count). The molecule has 0 atom stereocenters. The second kappa shape index (κ2) is 6.14. The second-order valence-electron chi connectivity index (χ2n) is 10.9. The summed E-state index contributed by atoms with van der Waals surface area (Å²) in [5.74, 6) is 0.908. The Hall–Kier alpha value is -1.78. The maximum absolute atomic E-state index is 4.94. The van der Waals surface area contributed by atoms with Crippen LogP contribution in [-0.2, 0) is 16.4 Å². The maximum Gasteiger partial charge on any atom is 0.148 e. The molecule has 0 aliphatic rings. The molecule has 0 unspecified atom stereocenters. The van der Waals surface area contributed by atoms with Crippen LogP contribution >= 0.6 is 0 Å². The third-order valence-corrected chi connectivity index (χ3v) is 4.52. The van der Waals surface area contributed by atoms with E-state index in [0.717, 1.165) is 17.2 Å². The minimum absolute atomic E-state index is 0.0146. The quantitative estimate of drug-likeness (QED) is 0.792. The normalized spacial score (nSPS) is 14.0. The fraction of sp³-hybridized carbons (Fsp3) is 0.714. The van der Waals surface area contributed by atoms with Gasteiger partial charge in [0.2, 0.25) is 0 Å². The fourth-order valence-corrected chi connectivity index (χ4v) is 2.92. The maximum atomic E-state index is 4.94. The van der Waals surface area contributed by atoms with Crippen molar-refractivity contribution in [1.29, 1.82) is 0 Å². The van der Waals surface area contributed by atoms with Gasteiger partial charge in [0, 0.05) is 28.1 Å². The van der Waals surface area contributed by atoms with E-state index in [1.165, 1.54) is 5.69 Å². The lowest BCUT2D eigenvalue weighted by Crippen LogP contribution is -2.34. The molecule has 0 saturated heterocycles. The average molecular weight is 360 g/mol. The van der Waals surface area contributed by atoms with Crippen LogP contribution in [0.2, 0.25) is 0 Å². The first kappa shape index (κ1) is 20.5. The Bertz CT molecular complexity index is 758. The summed E-state index contributed by atoms with van der Waals surface area (Å²) in [6.45, 7) is 24.1. The van der Waals surface area contributed by atoms with Crippen molar-refractivity contribution in [2.24, 2.45) is 0 Å². The topological polar surface area (TPSA) is 58.5 Å². The predicted molar refractivity (Wildman–Crippen MR) is 110 cm³/mol. The van der Waals surface area contributed by atoms with Crippen LogP contribution in [0.1, 0.15) is 93.2 Å². The van der Waals surface area contributed by atoms with Crippen LogP contribution in [0.25, 0.3) is 0 Å². The van der Waals surface area contributed by atoms with Crippen LogP contribution in [0.4, 0.5) is 5.82 Å². The summed E-state index contributed by atoms with van der Waals surface area (Å²) >= 11 is 0. The molecule has 26 heavy (non-hydrogen) atoms. The summed E-state index contributed by atoms with van der Waals surface area (Å²) in [4.78, 5) is 0. The van der Waals surface area contributed by atoms with Gasteiger partial charge in [-0.15, -0.1) is 0 Å². The highest BCUT2D eigenvalue weighted by molar-refractivity contribution is 5.41. The number of hydrogen-bond acceptors (Lipinski definition) is 3. The molecule has 0 saturated carbocycles. The summed E-state index contributed by atoms with van der Waals surface area (Å²) in [5, 5.41) is 16.3. The number of hydrogen-bond donors (Lipinski definition) is 2. The molecule has 146 valence electrons. The number of H-pyrrole nitrogens is 1. The van der Waals surface area contributed by atoms with Gasteiger partial charge in [-0.2, -0.15) is 10.2 Å². The summed E-state index contributed by atoms with van der Waals surface area (Å²) in [7, 11) is 0. The lowest BCUT2D eigenvalue weighted by molar-refractivity contribution is 0.343. The van der Waals surface area contributed by atoms with E-state index in [1.54, 1.807) is 0 Å². The number of rotatable bonds is 3. The van der Waals surface area contributed by atoms with Crippen LogP contribution in [0, 0.1) is 0 Å². The largest absolute Gasteiger partial charge is 0.364 e. The Morgan fingerprint density at radius 2 is 1.42 bits per heavy atom. The Labute approximate surface area is 159 Å². The van der Waals surface area contributed by atoms with Crippen molar-refractivity contribution in [2.75, 3.05) is 5.32 Å². The molecular weight excluding hydrogens is 322 g/mol. The fourth-order valence-electron chi connectivity index (χ4n) is 2.92. The average Bonchev–Trinajstić information content (AvgIpc) is 3.01. The van der Waals surface area contributed by atoms with Gasteiger partial charge in [0.05, 0.1) is 16.9 Å². The summed E-state index contributed by atoms with van der Waals surface area (Å²) in [6, 6.07) is 4.35. The number of aromatic nitrogens is 4. The second-order valence-corrected chi connectivity index (χ2v) is 10.9. The first-order valence-electron chi connectivity index (χ1n) is 9.47. The van der Waals surface area contributed by atoms with Crippen molar-refractivity contribution in [3.63, 3.8) is 0 Å². The highest BCUT2D eigenvalue weighted by atomic mass is 15.4. The van der Waals surface area contributed by atoms with Crippen molar-refractivity contribution in [2.45, 2.75) is 98.1 Å². The van der Waals surface area contributed by atoms with E-state index in [9.17, 15) is 0 Å². The molecule has 0 spiro atoms. The molecule has 0 aliphatic carbocycles. The number of anilines is 1. The van der Waals surface area contributed by atoms with E-state index < -0.39 is 0 Å². The van der Waals surface area contributed by atoms with Crippen LogP contribution in [-0.4, -0.2) is 25.5 Å². The molecule has 2 heterocycles. The molecule has 2 N–H and O–H groups in total. The minimum Gasteiger partial charge on any atom is -0.364 e. The van der Waals surface area contributed by atoms with Gasteiger partial charge in [0.25, 0.3) is 0 Å². The Balaban J connectivity index is 2.55. The molecule has 0 amide bonds. The van der Waals surface area contributed by atoms with E-state index in [1.807, 2.05) is 0 Å². The Kier molecular flexibility index (Phi) is 4.85. The van der Waals surface area contributed by atoms with Crippen molar-refractivity contribution in [3.8, 4) is 0 Å². The van der Waals surface area contributed by atoms with Crippen LogP contribution in [0.3, 0.4) is 0 Å². The zero-order valence-electron chi connectivity index (χ0n) is 18.5. The molecule has 2 aromatic rings. The lowest BCUT2D eigenvalue weighted by atomic mass is 9.88. The van der Waals surface area contributed by atoms with E-state index in [2.05, 4.69) is 108 Å². The van der Waals surface area contributed by atoms with Crippen molar-refractivity contribution >= 4 is 5.82 Å².